The molecular weight excluding hydrogens is 469 g/mol. The molecule has 0 saturated heterocycles. The molecular formula is C23H29ClFN3O4S. The van der Waals surface area contributed by atoms with E-state index in [-0.39, 0.29) is 18.1 Å². The van der Waals surface area contributed by atoms with Crippen molar-refractivity contribution in [3.05, 3.63) is 64.4 Å². The number of aryl methyl sites for hydroxylation is 1. The smallest absolute Gasteiger partial charge is 0.244 e. The molecule has 0 heterocycles. The van der Waals surface area contributed by atoms with Crippen molar-refractivity contribution in [3.63, 3.8) is 0 Å². The molecule has 1 unspecified atom stereocenters. The van der Waals surface area contributed by atoms with Gasteiger partial charge >= 0.3 is 0 Å². The number of amides is 2. The minimum Gasteiger partial charge on any atom is -0.355 e. The summed E-state index contributed by atoms with van der Waals surface area (Å²) in [6.45, 7) is 5.19. The van der Waals surface area contributed by atoms with Crippen molar-refractivity contribution in [2.45, 2.75) is 39.8 Å². The number of carbonyl (C=O) groups excluding carboxylic acids is 2. The van der Waals surface area contributed by atoms with Crippen LogP contribution in [0.5, 0.6) is 0 Å². The van der Waals surface area contributed by atoms with Crippen molar-refractivity contribution >= 4 is 39.1 Å². The Balaban J connectivity index is 2.44. The van der Waals surface area contributed by atoms with E-state index in [1.54, 1.807) is 32.9 Å². The number of nitrogens with zero attached hydrogens (tertiary/aromatic N) is 2. The van der Waals surface area contributed by atoms with Crippen LogP contribution in [0.2, 0.25) is 5.02 Å². The standard InChI is InChI=1S/C23H29ClFN3O4S/c1-5-21(23(30)26-6-2)27(14-17-8-10-18(25)11-9-17)22(29)15-28(33(4,31)32)19-12-7-16(3)20(24)13-19/h7-13,21H,5-6,14-15H2,1-4H3,(H,26,30). The SMILES string of the molecule is CCNC(=O)C(CC)N(Cc1ccc(F)cc1)C(=O)CN(c1ccc(C)c(Cl)c1)S(C)(=O)=O. The number of hydrogen-bond donors (Lipinski definition) is 1. The number of hydrogen-bond acceptors (Lipinski definition) is 4. The molecule has 2 amide bonds. The summed E-state index contributed by atoms with van der Waals surface area (Å²) < 4.78 is 39.4. The van der Waals surface area contributed by atoms with Gasteiger partial charge in [0.1, 0.15) is 18.4 Å². The summed E-state index contributed by atoms with van der Waals surface area (Å²) in [7, 11) is -3.84. The predicted molar refractivity (Wildman–Crippen MR) is 128 cm³/mol. The third-order valence-electron chi connectivity index (χ3n) is 5.13. The highest BCUT2D eigenvalue weighted by Gasteiger charge is 2.31. The lowest BCUT2D eigenvalue weighted by Gasteiger charge is -2.32. The van der Waals surface area contributed by atoms with Crippen molar-refractivity contribution in [1.82, 2.24) is 10.2 Å². The van der Waals surface area contributed by atoms with Crippen molar-refractivity contribution in [2.75, 3.05) is 23.7 Å². The largest absolute Gasteiger partial charge is 0.355 e. The molecule has 0 saturated carbocycles. The Labute approximate surface area is 199 Å². The molecule has 10 heteroatoms. The number of carbonyl (C=O) groups is 2. The fourth-order valence-corrected chi connectivity index (χ4v) is 4.36. The first-order chi connectivity index (χ1) is 15.5. The molecule has 0 aliphatic heterocycles. The molecule has 2 aromatic rings. The fraction of sp³-hybridized carbons (Fsp3) is 0.391. The van der Waals surface area contributed by atoms with E-state index in [0.29, 0.717) is 23.6 Å². The van der Waals surface area contributed by atoms with E-state index in [1.807, 2.05) is 0 Å². The van der Waals surface area contributed by atoms with Gasteiger partial charge < -0.3 is 10.2 Å². The maximum atomic E-state index is 13.4. The lowest BCUT2D eigenvalue weighted by molar-refractivity contribution is -0.140. The summed E-state index contributed by atoms with van der Waals surface area (Å²) >= 11 is 6.18. The first-order valence-corrected chi connectivity index (χ1v) is 12.8. The monoisotopic (exact) mass is 497 g/mol. The van der Waals surface area contributed by atoms with Gasteiger partial charge in [-0.2, -0.15) is 0 Å². The van der Waals surface area contributed by atoms with Crippen LogP contribution in [-0.4, -0.2) is 50.5 Å². The molecule has 0 spiro atoms. The Hall–Kier alpha value is -2.65. The second-order valence-electron chi connectivity index (χ2n) is 7.67. The normalized spacial score (nSPS) is 12.2. The maximum Gasteiger partial charge on any atom is 0.244 e. The lowest BCUT2D eigenvalue weighted by atomic mass is 10.1. The van der Waals surface area contributed by atoms with E-state index >= 15 is 0 Å². The second kappa shape index (κ2) is 11.5. The molecule has 0 aliphatic rings. The number of sulfonamides is 1. The molecule has 7 nitrogen and oxygen atoms in total. The molecule has 0 bridgehead atoms. The Bertz CT molecular complexity index is 1090. The van der Waals surface area contributed by atoms with Gasteiger partial charge in [-0.15, -0.1) is 0 Å². The molecule has 0 radical (unpaired) electrons. The van der Waals surface area contributed by atoms with Crippen LogP contribution in [0, 0.1) is 12.7 Å². The van der Waals surface area contributed by atoms with E-state index in [1.165, 1.54) is 35.2 Å². The summed E-state index contributed by atoms with van der Waals surface area (Å²) in [5, 5.41) is 3.08. The Morgan fingerprint density at radius 1 is 1.12 bits per heavy atom. The van der Waals surface area contributed by atoms with Gasteiger partial charge in [0, 0.05) is 18.1 Å². The summed E-state index contributed by atoms with van der Waals surface area (Å²) in [4.78, 5) is 27.4. The molecule has 0 fully saturated rings. The van der Waals surface area contributed by atoms with Gasteiger partial charge in [0.25, 0.3) is 0 Å². The van der Waals surface area contributed by atoms with Crippen LogP contribution >= 0.6 is 11.6 Å². The topological polar surface area (TPSA) is 86.8 Å². The Morgan fingerprint density at radius 2 is 1.76 bits per heavy atom. The molecule has 1 N–H and O–H groups in total. The lowest BCUT2D eigenvalue weighted by Crippen LogP contribution is -2.52. The Morgan fingerprint density at radius 3 is 2.27 bits per heavy atom. The summed E-state index contributed by atoms with van der Waals surface area (Å²) in [6.07, 6.45) is 1.31. The molecule has 1 atom stereocenters. The van der Waals surface area contributed by atoms with Gasteiger partial charge in [-0.05, 0) is 55.7 Å². The van der Waals surface area contributed by atoms with Gasteiger partial charge in [0.2, 0.25) is 21.8 Å². The number of benzene rings is 2. The summed E-state index contributed by atoms with van der Waals surface area (Å²) in [5.74, 6) is -1.34. The van der Waals surface area contributed by atoms with Gasteiger partial charge in [-0.1, -0.05) is 36.7 Å². The molecule has 0 aliphatic carbocycles. The highest BCUT2D eigenvalue weighted by atomic mass is 35.5. The van der Waals surface area contributed by atoms with E-state index in [2.05, 4.69) is 5.32 Å². The molecule has 2 rings (SSSR count). The number of anilines is 1. The average Bonchev–Trinajstić information content (AvgIpc) is 2.74. The van der Waals surface area contributed by atoms with Crippen molar-refractivity contribution in [2.24, 2.45) is 0 Å². The fourth-order valence-electron chi connectivity index (χ4n) is 3.35. The van der Waals surface area contributed by atoms with Gasteiger partial charge in [-0.3, -0.25) is 13.9 Å². The number of rotatable bonds is 10. The van der Waals surface area contributed by atoms with Crippen molar-refractivity contribution < 1.29 is 22.4 Å². The van der Waals surface area contributed by atoms with Crippen LogP contribution in [-0.2, 0) is 26.2 Å². The van der Waals surface area contributed by atoms with Crippen LogP contribution < -0.4 is 9.62 Å². The van der Waals surface area contributed by atoms with Gasteiger partial charge in [0.05, 0.1) is 11.9 Å². The third kappa shape index (κ3) is 7.17. The van der Waals surface area contributed by atoms with E-state index in [0.717, 1.165) is 16.1 Å². The first kappa shape index (κ1) is 26.6. The van der Waals surface area contributed by atoms with Crippen LogP contribution in [0.15, 0.2) is 42.5 Å². The quantitative estimate of drug-likeness (QED) is 0.544. The number of likely N-dealkylation sites (N-methyl/N-ethyl adjacent to an activating group) is 1. The van der Waals surface area contributed by atoms with Crippen LogP contribution in [0.1, 0.15) is 31.4 Å². The van der Waals surface area contributed by atoms with E-state index in [9.17, 15) is 22.4 Å². The zero-order valence-electron chi connectivity index (χ0n) is 19.1. The van der Waals surface area contributed by atoms with E-state index in [4.69, 9.17) is 11.6 Å². The molecule has 33 heavy (non-hydrogen) atoms. The second-order valence-corrected chi connectivity index (χ2v) is 9.98. The molecule has 0 aromatic heterocycles. The molecule has 2 aromatic carbocycles. The van der Waals surface area contributed by atoms with Gasteiger partial charge in [-0.25, -0.2) is 12.8 Å². The van der Waals surface area contributed by atoms with Crippen LogP contribution in [0.25, 0.3) is 0 Å². The summed E-state index contributed by atoms with van der Waals surface area (Å²) in [6, 6.07) is 9.47. The first-order valence-electron chi connectivity index (χ1n) is 10.5. The van der Waals surface area contributed by atoms with Crippen LogP contribution in [0.3, 0.4) is 0 Å². The highest BCUT2D eigenvalue weighted by molar-refractivity contribution is 7.92. The number of nitrogens with one attached hydrogen (secondary N) is 1. The minimum absolute atomic E-state index is 0.0149. The zero-order valence-corrected chi connectivity index (χ0v) is 20.7. The van der Waals surface area contributed by atoms with Crippen LogP contribution in [0.4, 0.5) is 10.1 Å². The van der Waals surface area contributed by atoms with Gasteiger partial charge in [0.15, 0.2) is 0 Å². The van der Waals surface area contributed by atoms with Crippen molar-refractivity contribution in [3.8, 4) is 0 Å². The highest BCUT2D eigenvalue weighted by Crippen LogP contribution is 2.25. The Kier molecular flexibility index (Phi) is 9.25. The van der Waals surface area contributed by atoms with E-state index < -0.39 is 34.3 Å². The maximum absolute atomic E-state index is 13.4. The predicted octanol–water partition coefficient (Wildman–Crippen LogP) is 3.50. The van der Waals surface area contributed by atoms with Crippen molar-refractivity contribution in [1.29, 1.82) is 0 Å². The summed E-state index contributed by atoms with van der Waals surface area (Å²) in [5.41, 5.74) is 1.62. The molecule has 180 valence electrons. The zero-order chi connectivity index (χ0) is 24.8. The minimum atomic E-state index is -3.84. The average molecular weight is 498 g/mol. The third-order valence-corrected chi connectivity index (χ3v) is 6.67. The number of halogens is 2.